The average molecular weight is 460 g/mol. The number of anilines is 1. The second-order valence-electron chi connectivity index (χ2n) is 6.93. The third-order valence-electron chi connectivity index (χ3n) is 5.23. The molecule has 0 aliphatic carbocycles. The van der Waals surface area contributed by atoms with Crippen LogP contribution in [0.4, 0.5) is 5.69 Å². The molecule has 9 heteroatoms. The molecule has 3 aromatic rings. The number of fused-ring (bicyclic) bond motifs is 1. The third kappa shape index (κ3) is 3.75. The highest BCUT2D eigenvalue weighted by atomic mass is 32.2. The van der Waals surface area contributed by atoms with Gasteiger partial charge in [-0.05, 0) is 30.3 Å². The minimum Gasteiger partial charge on any atom is -0.497 e. The number of amides is 1. The monoisotopic (exact) mass is 459 g/mol. The zero-order valence-electron chi connectivity index (χ0n) is 17.2. The predicted molar refractivity (Wildman–Crippen MR) is 117 cm³/mol. The van der Waals surface area contributed by atoms with E-state index in [2.05, 4.69) is 5.32 Å². The smallest absolute Gasteiger partial charge is 0.225 e. The summed E-state index contributed by atoms with van der Waals surface area (Å²) in [5.41, 5.74) is 1.13. The molecule has 0 bridgehead atoms. The fourth-order valence-electron chi connectivity index (χ4n) is 3.64. The molecule has 4 rings (SSSR count). The molecule has 1 aliphatic rings. The number of hydrogen-bond acceptors (Lipinski definition) is 7. The summed E-state index contributed by atoms with van der Waals surface area (Å²) < 4.78 is 42.5. The molecule has 1 N–H and O–H groups in total. The van der Waals surface area contributed by atoms with Crippen molar-refractivity contribution in [2.75, 3.05) is 26.6 Å². The van der Waals surface area contributed by atoms with Crippen LogP contribution in [-0.2, 0) is 14.6 Å². The Morgan fingerprint density at radius 1 is 0.968 bits per heavy atom. The zero-order valence-corrected chi connectivity index (χ0v) is 18.8. The van der Waals surface area contributed by atoms with E-state index in [1.165, 1.54) is 30.6 Å². The van der Waals surface area contributed by atoms with Crippen LogP contribution in [0, 0.1) is 0 Å². The number of carbonyl (C=O) groups is 1. The maximum atomic E-state index is 13.3. The highest BCUT2D eigenvalue weighted by Gasteiger charge is 2.35. The van der Waals surface area contributed by atoms with E-state index >= 15 is 0 Å². The molecule has 7 nitrogen and oxygen atoms in total. The normalized spacial score (nSPS) is 15.7. The van der Waals surface area contributed by atoms with E-state index < -0.39 is 9.84 Å². The fraction of sp³-hybridized carbons (Fsp3) is 0.227. The Bertz CT molecular complexity index is 1230. The Labute approximate surface area is 184 Å². The van der Waals surface area contributed by atoms with Gasteiger partial charge in [-0.1, -0.05) is 6.07 Å². The Balaban J connectivity index is 1.80. The number of nitrogens with one attached hydrogen (secondary N) is 1. The molecule has 0 saturated carbocycles. The van der Waals surface area contributed by atoms with Crippen LogP contribution in [0.1, 0.15) is 22.8 Å². The predicted octanol–water partition coefficient (Wildman–Crippen LogP) is 4.08. The first-order valence-corrected chi connectivity index (χ1v) is 11.8. The van der Waals surface area contributed by atoms with Gasteiger partial charge in [0.1, 0.15) is 22.1 Å². The largest absolute Gasteiger partial charge is 0.497 e. The molecule has 1 aromatic heterocycles. The molecule has 1 atom stereocenters. The van der Waals surface area contributed by atoms with Gasteiger partial charge in [0.15, 0.2) is 0 Å². The number of rotatable bonds is 6. The van der Waals surface area contributed by atoms with Gasteiger partial charge in [0, 0.05) is 34.2 Å². The summed E-state index contributed by atoms with van der Waals surface area (Å²) >= 11 is 1.31. The molecule has 0 unspecified atom stereocenters. The molecular weight excluding hydrogens is 438 g/mol. The summed E-state index contributed by atoms with van der Waals surface area (Å²) in [5.74, 6) is 1.20. The molecule has 1 amide bonds. The first-order chi connectivity index (χ1) is 14.9. The molecule has 162 valence electrons. The van der Waals surface area contributed by atoms with Crippen LogP contribution in [0.25, 0.3) is 0 Å². The number of methoxy groups -OCH3 is 3. The van der Waals surface area contributed by atoms with Gasteiger partial charge in [0.25, 0.3) is 0 Å². The Kier molecular flexibility index (Phi) is 5.63. The minimum atomic E-state index is -3.83. The minimum absolute atomic E-state index is 0.0863. The summed E-state index contributed by atoms with van der Waals surface area (Å²) in [4.78, 5) is 13.5. The van der Waals surface area contributed by atoms with Crippen LogP contribution < -0.4 is 19.5 Å². The van der Waals surface area contributed by atoms with Crippen molar-refractivity contribution in [1.82, 2.24) is 0 Å². The Morgan fingerprint density at radius 2 is 1.65 bits per heavy atom. The zero-order chi connectivity index (χ0) is 22.2. The van der Waals surface area contributed by atoms with Crippen molar-refractivity contribution in [2.24, 2.45) is 0 Å². The van der Waals surface area contributed by atoms with Crippen molar-refractivity contribution < 1.29 is 27.4 Å². The lowest BCUT2D eigenvalue weighted by atomic mass is 9.90. The SMILES string of the molecule is COc1ccc(S(=O)(=O)c2csc3c2NC(=O)C[C@H]3c2ccc(OC)cc2OC)cc1. The van der Waals surface area contributed by atoms with E-state index in [9.17, 15) is 13.2 Å². The van der Waals surface area contributed by atoms with Gasteiger partial charge in [-0.3, -0.25) is 4.79 Å². The standard InChI is InChI=1S/C22H21NO6S2/c1-27-13-4-7-15(8-5-13)31(25,26)19-12-30-22-17(11-20(24)23-21(19)22)16-9-6-14(28-2)10-18(16)29-3/h4-10,12,17H,11H2,1-3H3,(H,23,24)/t17-/m0/s1. The van der Waals surface area contributed by atoms with E-state index in [4.69, 9.17) is 14.2 Å². The maximum absolute atomic E-state index is 13.3. The lowest BCUT2D eigenvalue weighted by Crippen LogP contribution is -2.23. The van der Waals surface area contributed by atoms with Gasteiger partial charge in [-0.2, -0.15) is 0 Å². The number of carbonyl (C=O) groups excluding carboxylic acids is 1. The number of sulfone groups is 1. The van der Waals surface area contributed by atoms with Gasteiger partial charge >= 0.3 is 0 Å². The number of ether oxygens (including phenoxy) is 3. The summed E-state index contributed by atoms with van der Waals surface area (Å²) in [7, 11) is 0.804. The lowest BCUT2D eigenvalue weighted by Gasteiger charge is -2.25. The quantitative estimate of drug-likeness (QED) is 0.597. The Hall–Kier alpha value is -3.04. The lowest BCUT2D eigenvalue weighted by molar-refractivity contribution is -0.116. The van der Waals surface area contributed by atoms with Crippen LogP contribution in [0.2, 0.25) is 0 Å². The molecule has 0 fully saturated rings. The number of benzene rings is 2. The fourth-order valence-corrected chi connectivity index (χ4v) is 6.54. The second kappa shape index (κ2) is 8.24. The topological polar surface area (TPSA) is 90.9 Å². The molecule has 0 spiro atoms. The first-order valence-electron chi connectivity index (χ1n) is 9.41. The molecule has 0 radical (unpaired) electrons. The molecule has 31 heavy (non-hydrogen) atoms. The van der Waals surface area contributed by atoms with Crippen LogP contribution in [0.15, 0.2) is 57.6 Å². The molecule has 0 saturated heterocycles. The van der Waals surface area contributed by atoms with Crippen LogP contribution in [-0.4, -0.2) is 35.7 Å². The number of thiophene rings is 1. The summed E-state index contributed by atoms with van der Waals surface area (Å²) in [5, 5.41) is 4.35. The van der Waals surface area contributed by atoms with Crippen molar-refractivity contribution in [3.05, 3.63) is 58.3 Å². The summed E-state index contributed by atoms with van der Waals surface area (Å²) in [6.07, 6.45) is 0.193. The van der Waals surface area contributed by atoms with Crippen LogP contribution in [0.5, 0.6) is 17.2 Å². The van der Waals surface area contributed by atoms with Gasteiger partial charge in [-0.25, -0.2) is 8.42 Å². The molecule has 1 aliphatic heterocycles. The van der Waals surface area contributed by atoms with Gasteiger partial charge in [0.2, 0.25) is 15.7 Å². The molecule has 2 aromatic carbocycles. The number of hydrogen-bond donors (Lipinski definition) is 1. The molecular formula is C22H21NO6S2. The Morgan fingerprint density at radius 3 is 2.29 bits per heavy atom. The van der Waals surface area contributed by atoms with Crippen LogP contribution in [0.3, 0.4) is 0 Å². The average Bonchev–Trinajstić information content (AvgIpc) is 3.22. The van der Waals surface area contributed by atoms with E-state index in [0.717, 1.165) is 10.4 Å². The van der Waals surface area contributed by atoms with Crippen molar-refractivity contribution >= 4 is 32.8 Å². The summed E-state index contributed by atoms with van der Waals surface area (Å²) in [6.45, 7) is 0. The first kappa shape index (κ1) is 21.2. The maximum Gasteiger partial charge on any atom is 0.225 e. The van der Waals surface area contributed by atoms with Gasteiger partial charge in [0.05, 0.1) is 31.9 Å². The summed E-state index contributed by atoms with van der Waals surface area (Å²) in [6, 6.07) is 11.6. The third-order valence-corrected chi connectivity index (χ3v) is 8.27. The van der Waals surface area contributed by atoms with E-state index in [1.54, 1.807) is 43.9 Å². The van der Waals surface area contributed by atoms with Crippen LogP contribution >= 0.6 is 11.3 Å². The molecule has 2 heterocycles. The van der Waals surface area contributed by atoms with Crippen molar-refractivity contribution in [1.29, 1.82) is 0 Å². The highest BCUT2D eigenvalue weighted by molar-refractivity contribution is 7.91. The van der Waals surface area contributed by atoms with E-state index in [1.807, 2.05) is 6.07 Å². The van der Waals surface area contributed by atoms with Gasteiger partial charge in [-0.15, -0.1) is 11.3 Å². The van der Waals surface area contributed by atoms with Crippen molar-refractivity contribution in [3.8, 4) is 17.2 Å². The second-order valence-corrected chi connectivity index (χ2v) is 9.76. The highest BCUT2D eigenvalue weighted by Crippen LogP contribution is 2.48. The van der Waals surface area contributed by atoms with Crippen molar-refractivity contribution in [3.63, 3.8) is 0 Å². The van der Waals surface area contributed by atoms with E-state index in [-0.39, 0.29) is 28.0 Å². The van der Waals surface area contributed by atoms with E-state index in [0.29, 0.717) is 22.9 Å². The van der Waals surface area contributed by atoms with Crippen molar-refractivity contribution in [2.45, 2.75) is 22.1 Å². The van der Waals surface area contributed by atoms with Gasteiger partial charge < -0.3 is 19.5 Å².